The minimum absolute atomic E-state index is 0.0936. The number of carbonyl (C=O) groups excluding carboxylic acids is 1. The minimum atomic E-state index is -4.68. The van der Waals surface area contributed by atoms with E-state index in [2.05, 4.69) is 15.9 Å². The molecule has 7 nitrogen and oxygen atoms in total. The van der Waals surface area contributed by atoms with Gasteiger partial charge in [-0.1, -0.05) is 24.3 Å². The number of nitro benzene ring substituents is 1. The summed E-state index contributed by atoms with van der Waals surface area (Å²) in [5, 5.41) is 13.2. The summed E-state index contributed by atoms with van der Waals surface area (Å²) in [6.07, 6.45) is -4.68. The van der Waals surface area contributed by atoms with Gasteiger partial charge in [-0.3, -0.25) is 14.9 Å². The Balaban J connectivity index is 1.57. The van der Waals surface area contributed by atoms with Crippen LogP contribution in [0.3, 0.4) is 0 Å². The topological polar surface area (TPSA) is 75.9 Å². The largest absolute Gasteiger partial charge is 0.495 e. The first kappa shape index (κ1) is 23.8. The number of carbonyl (C=O) groups is 1. The van der Waals surface area contributed by atoms with Gasteiger partial charge in [-0.15, -0.1) is 0 Å². The highest BCUT2D eigenvalue weighted by molar-refractivity contribution is 9.10. The number of halogens is 4. The molecular formula is C23H19BrF3N3O4. The molecule has 4 rings (SSSR count). The van der Waals surface area contributed by atoms with Gasteiger partial charge in [0, 0.05) is 32.2 Å². The van der Waals surface area contributed by atoms with Gasteiger partial charge in [0.05, 0.1) is 27.6 Å². The van der Waals surface area contributed by atoms with Gasteiger partial charge in [0.15, 0.2) is 0 Å². The first-order chi connectivity index (χ1) is 16.1. The summed E-state index contributed by atoms with van der Waals surface area (Å²) < 4.78 is 45.2. The molecule has 178 valence electrons. The molecule has 0 aliphatic carbocycles. The van der Waals surface area contributed by atoms with Crippen molar-refractivity contribution in [1.82, 2.24) is 4.90 Å². The van der Waals surface area contributed by atoms with Gasteiger partial charge in [-0.2, -0.15) is 13.2 Å². The second-order valence-corrected chi connectivity index (χ2v) is 8.52. The zero-order valence-corrected chi connectivity index (χ0v) is 19.5. The van der Waals surface area contributed by atoms with Crippen LogP contribution < -0.4 is 9.64 Å². The number of methoxy groups -OCH3 is 1. The average molecular weight is 538 g/mol. The van der Waals surface area contributed by atoms with Crippen molar-refractivity contribution in [1.29, 1.82) is 0 Å². The van der Waals surface area contributed by atoms with Crippen LogP contribution in [-0.4, -0.2) is 49.0 Å². The maximum absolute atomic E-state index is 13.3. The van der Waals surface area contributed by atoms with Crippen LogP contribution in [-0.2, 0) is 6.18 Å². The number of anilines is 1. The Morgan fingerprint density at radius 2 is 1.76 bits per heavy atom. The van der Waals surface area contributed by atoms with Gasteiger partial charge in [-0.05, 0) is 44.9 Å². The molecule has 34 heavy (non-hydrogen) atoms. The van der Waals surface area contributed by atoms with E-state index in [1.807, 2.05) is 24.3 Å². The van der Waals surface area contributed by atoms with Crippen molar-refractivity contribution >= 4 is 44.0 Å². The van der Waals surface area contributed by atoms with E-state index in [0.29, 0.717) is 21.9 Å². The van der Waals surface area contributed by atoms with Gasteiger partial charge in [0.25, 0.3) is 11.6 Å². The average Bonchev–Trinajstić information content (AvgIpc) is 2.82. The molecule has 1 amide bonds. The number of hydrogen-bond acceptors (Lipinski definition) is 5. The number of rotatable bonds is 4. The summed E-state index contributed by atoms with van der Waals surface area (Å²) in [6, 6.07) is 11.8. The molecule has 0 N–H and O–H groups in total. The third kappa shape index (κ3) is 4.39. The molecule has 11 heteroatoms. The van der Waals surface area contributed by atoms with Crippen LogP contribution in [0.1, 0.15) is 15.9 Å². The molecular weight excluding hydrogens is 519 g/mol. The van der Waals surface area contributed by atoms with Crippen molar-refractivity contribution in [2.24, 2.45) is 0 Å². The molecule has 0 bridgehead atoms. The van der Waals surface area contributed by atoms with E-state index in [1.165, 1.54) is 7.11 Å². The predicted molar refractivity (Wildman–Crippen MR) is 124 cm³/mol. The van der Waals surface area contributed by atoms with Gasteiger partial charge in [0.1, 0.15) is 11.4 Å². The normalized spacial score (nSPS) is 14.4. The lowest BCUT2D eigenvalue weighted by Crippen LogP contribution is -2.49. The summed E-state index contributed by atoms with van der Waals surface area (Å²) in [5.41, 5.74) is -1.22. The molecule has 1 aliphatic heterocycles. The summed E-state index contributed by atoms with van der Waals surface area (Å²) in [4.78, 5) is 27.2. The molecule has 0 saturated carbocycles. The number of benzene rings is 3. The zero-order valence-electron chi connectivity index (χ0n) is 17.9. The van der Waals surface area contributed by atoms with E-state index in [9.17, 15) is 28.1 Å². The van der Waals surface area contributed by atoms with Gasteiger partial charge < -0.3 is 14.5 Å². The lowest BCUT2D eigenvalue weighted by molar-refractivity contribution is -0.384. The minimum Gasteiger partial charge on any atom is -0.495 e. The van der Waals surface area contributed by atoms with Crippen LogP contribution in [0.5, 0.6) is 5.75 Å². The summed E-state index contributed by atoms with van der Waals surface area (Å²) in [6.45, 7) is 0.944. The monoisotopic (exact) mass is 537 g/mol. The molecule has 0 radical (unpaired) electrons. The predicted octanol–water partition coefficient (Wildman–Crippen LogP) is 5.50. The second kappa shape index (κ2) is 9.13. The molecule has 1 saturated heterocycles. The lowest BCUT2D eigenvalue weighted by atomic mass is 10.0. The first-order valence-corrected chi connectivity index (χ1v) is 11.1. The highest BCUT2D eigenvalue weighted by Crippen LogP contribution is 2.39. The van der Waals surface area contributed by atoms with Crippen LogP contribution in [0, 0.1) is 10.1 Å². The highest BCUT2D eigenvalue weighted by atomic mass is 79.9. The Hall–Kier alpha value is -3.34. The second-order valence-electron chi connectivity index (χ2n) is 7.73. The van der Waals surface area contributed by atoms with Gasteiger partial charge in [0.2, 0.25) is 0 Å². The third-order valence-electron chi connectivity index (χ3n) is 5.78. The molecule has 1 heterocycles. The van der Waals surface area contributed by atoms with E-state index in [0.717, 1.165) is 22.9 Å². The fourth-order valence-electron chi connectivity index (χ4n) is 4.08. The van der Waals surface area contributed by atoms with Crippen LogP contribution in [0.25, 0.3) is 10.8 Å². The van der Waals surface area contributed by atoms with Crippen molar-refractivity contribution in [3.63, 3.8) is 0 Å². The van der Waals surface area contributed by atoms with E-state index in [1.54, 1.807) is 15.9 Å². The van der Waals surface area contributed by atoms with Crippen LogP contribution >= 0.6 is 15.9 Å². The van der Waals surface area contributed by atoms with Crippen molar-refractivity contribution < 1.29 is 27.6 Å². The lowest BCUT2D eigenvalue weighted by Gasteiger charge is -2.36. The Morgan fingerprint density at radius 3 is 2.38 bits per heavy atom. The quantitative estimate of drug-likeness (QED) is 0.324. The number of fused-ring (bicyclic) bond motifs is 1. The van der Waals surface area contributed by atoms with E-state index in [-0.39, 0.29) is 37.8 Å². The molecule has 1 fully saturated rings. The number of hydrogen-bond donors (Lipinski definition) is 0. The fraction of sp³-hybridized carbons (Fsp3) is 0.261. The summed E-state index contributed by atoms with van der Waals surface area (Å²) >= 11 is 3.52. The van der Waals surface area contributed by atoms with E-state index in [4.69, 9.17) is 4.74 Å². The van der Waals surface area contributed by atoms with Crippen molar-refractivity contribution in [2.45, 2.75) is 6.18 Å². The number of ether oxygens (including phenoxy) is 1. The number of piperazine rings is 1. The number of nitro groups is 1. The highest BCUT2D eigenvalue weighted by Gasteiger charge is 2.35. The number of nitrogens with zero attached hydrogens (tertiary/aromatic N) is 3. The Kier molecular flexibility index (Phi) is 6.39. The van der Waals surface area contributed by atoms with Crippen molar-refractivity contribution in [2.75, 3.05) is 38.2 Å². The Labute approximate surface area is 201 Å². The molecule has 0 aromatic heterocycles. The van der Waals surface area contributed by atoms with Crippen molar-refractivity contribution in [3.05, 3.63) is 74.2 Å². The summed E-state index contributed by atoms with van der Waals surface area (Å²) in [7, 11) is 1.48. The third-order valence-corrected chi connectivity index (χ3v) is 6.57. The molecule has 0 spiro atoms. The van der Waals surface area contributed by atoms with Crippen LogP contribution in [0.2, 0.25) is 0 Å². The standard InChI is InChI=1S/C23H19BrF3N3O4/c1-34-21-17(12-14-4-2-3-5-16(14)20(21)24)22(31)29-10-8-28(9-11-29)18-7-6-15(23(25,26)27)13-19(18)30(32)33/h2-7,12-13H,8-11H2,1H3. The number of amides is 1. The Bertz CT molecular complexity index is 1270. The van der Waals surface area contributed by atoms with Crippen LogP contribution in [0.4, 0.5) is 24.5 Å². The maximum Gasteiger partial charge on any atom is 0.416 e. The SMILES string of the molecule is COc1c(C(=O)N2CCN(c3ccc(C(F)(F)F)cc3[N+](=O)[O-])CC2)cc2ccccc2c1Br. The number of alkyl halides is 3. The van der Waals surface area contributed by atoms with Crippen LogP contribution in [0.15, 0.2) is 53.0 Å². The molecule has 3 aromatic carbocycles. The maximum atomic E-state index is 13.3. The molecule has 1 aliphatic rings. The summed E-state index contributed by atoms with van der Waals surface area (Å²) in [5.74, 6) is 0.148. The first-order valence-electron chi connectivity index (χ1n) is 10.3. The van der Waals surface area contributed by atoms with Gasteiger partial charge in [-0.25, -0.2) is 0 Å². The Morgan fingerprint density at radius 1 is 1.09 bits per heavy atom. The van der Waals surface area contributed by atoms with E-state index < -0.39 is 22.4 Å². The zero-order chi connectivity index (χ0) is 24.6. The van der Waals surface area contributed by atoms with E-state index >= 15 is 0 Å². The molecule has 0 unspecified atom stereocenters. The van der Waals surface area contributed by atoms with Crippen molar-refractivity contribution in [3.8, 4) is 5.75 Å². The fourth-order valence-corrected chi connectivity index (χ4v) is 4.81. The molecule has 3 aromatic rings. The molecule has 0 atom stereocenters. The smallest absolute Gasteiger partial charge is 0.416 e. The van der Waals surface area contributed by atoms with Gasteiger partial charge >= 0.3 is 6.18 Å².